The Morgan fingerprint density at radius 1 is 1.14 bits per heavy atom. The summed E-state index contributed by atoms with van der Waals surface area (Å²) in [7, 11) is 0. The van der Waals surface area contributed by atoms with E-state index in [-0.39, 0.29) is 12.8 Å². The first-order chi connectivity index (χ1) is 10.6. The standard InChI is InChI=1S/C18H30N2O2/c1-5-7-11-20(12-8-6-2)18(21)19-14-22-17-10-9-15(3)13-16(17)4/h9-10,13H,5-8,11-12,14H2,1-4H3,(H,19,21). The number of aryl methyl sites for hydroxylation is 2. The summed E-state index contributed by atoms with van der Waals surface area (Å²) < 4.78 is 5.66. The van der Waals surface area contributed by atoms with Crippen LogP contribution in [0.4, 0.5) is 4.79 Å². The highest BCUT2D eigenvalue weighted by molar-refractivity contribution is 5.74. The number of urea groups is 1. The molecular formula is C18H30N2O2. The Morgan fingerprint density at radius 3 is 2.32 bits per heavy atom. The van der Waals surface area contributed by atoms with Crippen molar-refractivity contribution in [2.75, 3.05) is 19.8 Å². The van der Waals surface area contributed by atoms with E-state index in [2.05, 4.69) is 32.2 Å². The Kier molecular flexibility index (Phi) is 8.41. The van der Waals surface area contributed by atoms with E-state index in [0.29, 0.717) is 0 Å². The summed E-state index contributed by atoms with van der Waals surface area (Å²) in [6.45, 7) is 10.2. The average Bonchev–Trinajstić information content (AvgIpc) is 2.49. The number of nitrogens with zero attached hydrogens (tertiary/aromatic N) is 1. The predicted octanol–water partition coefficient (Wildman–Crippen LogP) is 4.25. The molecule has 0 saturated heterocycles. The molecular weight excluding hydrogens is 276 g/mol. The fourth-order valence-electron chi connectivity index (χ4n) is 2.26. The topological polar surface area (TPSA) is 41.6 Å². The third kappa shape index (κ3) is 6.37. The first-order valence-corrected chi connectivity index (χ1v) is 8.31. The smallest absolute Gasteiger partial charge is 0.320 e. The molecule has 0 aliphatic rings. The second kappa shape index (κ2) is 10.1. The fraction of sp³-hybridized carbons (Fsp3) is 0.611. The Morgan fingerprint density at radius 2 is 1.77 bits per heavy atom. The highest BCUT2D eigenvalue weighted by Crippen LogP contribution is 2.18. The van der Waals surface area contributed by atoms with Crippen molar-refractivity contribution in [3.63, 3.8) is 0 Å². The molecule has 4 nitrogen and oxygen atoms in total. The molecule has 1 aromatic rings. The Balaban J connectivity index is 2.44. The summed E-state index contributed by atoms with van der Waals surface area (Å²) in [5, 5.41) is 2.86. The minimum absolute atomic E-state index is 0.0355. The first kappa shape index (κ1) is 18.3. The minimum Gasteiger partial charge on any atom is -0.473 e. The average molecular weight is 306 g/mol. The van der Waals surface area contributed by atoms with Crippen LogP contribution in [0.25, 0.3) is 0 Å². The van der Waals surface area contributed by atoms with Gasteiger partial charge in [0.15, 0.2) is 6.73 Å². The largest absolute Gasteiger partial charge is 0.473 e. The van der Waals surface area contributed by atoms with Gasteiger partial charge >= 0.3 is 6.03 Å². The van der Waals surface area contributed by atoms with E-state index in [1.807, 2.05) is 24.0 Å². The summed E-state index contributed by atoms with van der Waals surface area (Å²) in [4.78, 5) is 14.1. The Hall–Kier alpha value is -1.71. The van der Waals surface area contributed by atoms with Crippen LogP contribution in [0.2, 0.25) is 0 Å². The van der Waals surface area contributed by atoms with Gasteiger partial charge in [-0.15, -0.1) is 0 Å². The molecule has 22 heavy (non-hydrogen) atoms. The molecule has 0 spiro atoms. The lowest BCUT2D eigenvalue weighted by atomic mass is 10.1. The summed E-state index contributed by atoms with van der Waals surface area (Å²) in [6.07, 6.45) is 4.26. The van der Waals surface area contributed by atoms with Crippen LogP contribution in [0.5, 0.6) is 5.75 Å². The van der Waals surface area contributed by atoms with Crippen LogP contribution in [0.15, 0.2) is 18.2 Å². The zero-order valence-corrected chi connectivity index (χ0v) is 14.4. The van der Waals surface area contributed by atoms with Crippen LogP contribution in [-0.4, -0.2) is 30.8 Å². The van der Waals surface area contributed by atoms with Crippen LogP contribution in [0.3, 0.4) is 0 Å². The van der Waals surface area contributed by atoms with Crippen molar-refractivity contribution < 1.29 is 9.53 Å². The molecule has 4 heteroatoms. The maximum atomic E-state index is 12.2. The first-order valence-electron chi connectivity index (χ1n) is 8.31. The van der Waals surface area contributed by atoms with Crippen LogP contribution in [0.1, 0.15) is 50.7 Å². The van der Waals surface area contributed by atoms with Crippen molar-refractivity contribution in [3.8, 4) is 5.75 Å². The lowest BCUT2D eigenvalue weighted by Crippen LogP contribution is -2.42. The van der Waals surface area contributed by atoms with Crippen molar-refractivity contribution in [1.82, 2.24) is 10.2 Å². The summed E-state index contributed by atoms with van der Waals surface area (Å²) in [5.74, 6) is 0.819. The van der Waals surface area contributed by atoms with Gasteiger partial charge in [0.25, 0.3) is 0 Å². The van der Waals surface area contributed by atoms with Gasteiger partial charge in [-0.05, 0) is 38.3 Å². The second-order valence-corrected chi connectivity index (χ2v) is 5.73. The Labute approximate surface area is 134 Å². The van der Waals surface area contributed by atoms with E-state index >= 15 is 0 Å². The highest BCUT2D eigenvalue weighted by atomic mass is 16.5. The maximum Gasteiger partial charge on any atom is 0.320 e. The molecule has 0 heterocycles. The number of ether oxygens (including phenoxy) is 1. The van der Waals surface area contributed by atoms with Gasteiger partial charge in [-0.25, -0.2) is 4.79 Å². The van der Waals surface area contributed by atoms with Crippen molar-refractivity contribution >= 4 is 6.03 Å². The highest BCUT2D eigenvalue weighted by Gasteiger charge is 2.12. The van der Waals surface area contributed by atoms with Gasteiger partial charge in [0, 0.05) is 13.1 Å². The fourth-order valence-corrected chi connectivity index (χ4v) is 2.26. The Bertz CT molecular complexity index is 452. The van der Waals surface area contributed by atoms with Gasteiger partial charge in [0.05, 0.1) is 0 Å². The molecule has 0 aliphatic carbocycles. The maximum absolute atomic E-state index is 12.2. The van der Waals surface area contributed by atoms with Crippen molar-refractivity contribution in [3.05, 3.63) is 29.3 Å². The molecule has 0 fully saturated rings. The van der Waals surface area contributed by atoms with E-state index in [9.17, 15) is 4.79 Å². The molecule has 124 valence electrons. The van der Waals surface area contributed by atoms with E-state index < -0.39 is 0 Å². The molecule has 1 N–H and O–H groups in total. The molecule has 0 atom stereocenters. The van der Waals surface area contributed by atoms with E-state index in [4.69, 9.17) is 4.74 Å². The molecule has 1 rings (SSSR count). The minimum atomic E-state index is -0.0355. The third-order valence-electron chi connectivity index (χ3n) is 3.63. The molecule has 0 aliphatic heterocycles. The van der Waals surface area contributed by atoms with Gasteiger partial charge in [-0.1, -0.05) is 44.4 Å². The van der Waals surface area contributed by atoms with Gasteiger partial charge in [0.2, 0.25) is 0 Å². The lowest BCUT2D eigenvalue weighted by Gasteiger charge is -2.23. The number of hydrogen-bond donors (Lipinski definition) is 1. The lowest BCUT2D eigenvalue weighted by molar-refractivity contribution is 0.182. The summed E-state index contributed by atoms with van der Waals surface area (Å²) in [5.41, 5.74) is 2.29. The normalized spacial score (nSPS) is 10.4. The summed E-state index contributed by atoms with van der Waals surface area (Å²) in [6, 6.07) is 6.00. The number of nitrogens with one attached hydrogen (secondary N) is 1. The molecule has 0 aromatic heterocycles. The van der Waals surface area contributed by atoms with Gasteiger partial charge < -0.3 is 15.0 Å². The van der Waals surface area contributed by atoms with Crippen LogP contribution < -0.4 is 10.1 Å². The van der Waals surface area contributed by atoms with Gasteiger partial charge in [-0.2, -0.15) is 0 Å². The molecule has 0 radical (unpaired) electrons. The molecule has 1 aromatic carbocycles. The van der Waals surface area contributed by atoms with Gasteiger partial charge in [0.1, 0.15) is 5.75 Å². The summed E-state index contributed by atoms with van der Waals surface area (Å²) >= 11 is 0. The van der Waals surface area contributed by atoms with Crippen molar-refractivity contribution in [1.29, 1.82) is 0 Å². The van der Waals surface area contributed by atoms with E-state index in [0.717, 1.165) is 50.1 Å². The number of benzene rings is 1. The number of rotatable bonds is 9. The van der Waals surface area contributed by atoms with Crippen molar-refractivity contribution in [2.24, 2.45) is 0 Å². The van der Waals surface area contributed by atoms with Gasteiger partial charge in [-0.3, -0.25) is 0 Å². The zero-order valence-electron chi connectivity index (χ0n) is 14.4. The number of amides is 2. The van der Waals surface area contributed by atoms with Crippen LogP contribution in [0, 0.1) is 13.8 Å². The molecule has 0 saturated carbocycles. The van der Waals surface area contributed by atoms with E-state index in [1.54, 1.807) is 0 Å². The monoisotopic (exact) mass is 306 g/mol. The number of carbonyl (C=O) groups is 1. The van der Waals surface area contributed by atoms with Crippen LogP contribution in [-0.2, 0) is 0 Å². The zero-order chi connectivity index (χ0) is 16.4. The number of carbonyl (C=O) groups excluding carboxylic acids is 1. The molecule has 0 unspecified atom stereocenters. The van der Waals surface area contributed by atoms with E-state index in [1.165, 1.54) is 5.56 Å². The van der Waals surface area contributed by atoms with Crippen molar-refractivity contribution in [2.45, 2.75) is 53.4 Å². The molecule has 0 bridgehead atoms. The number of hydrogen-bond acceptors (Lipinski definition) is 2. The SMILES string of the molecule is CCCCN(CCCC)C(=O)NCOc1ccc(C)cc1C. The third-order valence-corrected chi connectivity index (χ3v) is 3.63. The quantitative estimate of drug-likeness (QED) is 0.693. The molecule has 2 amide bonds. The number of unbranched alkanes of at least 4 members (excludes halogenated alkanes) is 2. The predicted molar refractivity (Wildman–Crippen MR) is 91.3 cm³/mol. The second-order valence-electron chi connectivity index (χ2n) is 5.73. The van der Waals surface area contributed by atoms with Crippen LogP contribution >= 0.6 is 0 Å².